The average Bonchev–Trinajstić information content (AvgIpc) is 2.68. The highest BCUT2D eigenvalue weighted by molar-refractivity contribution is 7.90. The third kappa shape index (κ3) is 4.12. The van der Waals surface area contributed by atoms with Crippen molar-refractivity contribution < 1.29 is 12.8 Å². The third-order valence-corrected chi connectivity index (χ3v) is 7.50. The van der Waals surface area contributed by atoms with Crippen molar-refractivity contribution >= 4 is 15.5 Å². The number of halogens is 1. The first-order chi connectivity index (χ1) is 14.1. The molecule has 0 amide bonds. The summed E-state index contributed by atoms with van der Waals surface area (Å²) in [7, 11) is -3.62. The van der Waals surface area contributed by atoms with Gasteiger partial charge in [0.25, 0.3) is 0 Å². The maximum absolute atomic E-state index is 13.5. The second kappa shape index (κ2) is 7.55. The number of hydrogen-bond donors (Lipinski definition) is 1. The van der Waals surface area contributed by atoms with Crippen molar-refractivity contribution in [1.82, 2.24) is 0 Å². The number of anilines is 1. The van der Waals surface area contributed by atoms with Gasteiger partial charge in [-0.15, -0.1) is 0 Å². The lowest BCUT2D eigenvalue weighted by molar-refractivity contribution is 0.427. The van der Waals surface area contributed by atoms with Gasteiger partial charge in [-0.2, -0.15) is 0 Å². The van der Waals surface area contributed by atoms with Crippen LogP contribution in [0.3, 0.4) is 0 Å². The van der Waals surface area contributed by atoms with Gasteiger partial charge in [-0.1, -0.05) is 61.9 Å². The van der Waals surface area contributed by atoms with Gasteiger partial charge >= 0.3 is 0 Å². The fourth-order valence-electron chi connectivity index (χ4n) is 4.27. The maximum atomic E-state index is 13.5. The molecule has 156 valence electrons. The first-order valence-electron chi connectivity index (χ1n) is 10.1. The van der Waals surface area contributed by atoms with Crippen molar-refractivity contribution in [2.24, 2.45) is 0 Å². The minimum absolute atomic E-state index is 0.000909. The molecular formula is C25H26FNO2S. The molecule has 3 aromatic rings. The summed E-state index contributed by atoms with van der Waals surface area (Å²) < 4.78 is 39.0. The van der Waals surface area contributed by atoms with E-state index >= 15 is 0 Å². The van der Waals surface area contributed by atoms with Crippen molar-refractivity contribution in [2.45, 2.75) is 49.3 Å². The van der Waals surface area contributed by atoms with Crippen LogP contribution < -0.4 is 5.32 Å². The molecule has 0 bridgehead atoms. The number of rotatable bonds is 4. The van der Waals surface area contributed by atoms with Gasteiger partial charge in [0.15, 0.2) is 9.84 Å². The molecule has 1 unspecified atom stereocenters. The van der Waals surface area contributed by atoms with Crippen molar-refractivity contribution in [3.05, 3.63) is 94.8 Å². The lowest BCUT2D eigenvalue weighted by Gasteiger charge is -2.39. The van der Waals surface area contributed by atoms with Gasteiger partial charge in [0.2, 0.25) is 0 Å². The molecule has 0 spiro atoms. The van der Waals surface area contributed by atoms with Gasteiger partial charge in [-0.25, -0.2) is 12.8 Å². The zero-order valence-corrected chi connectivity index (χ0v) is 18.3. The first kappa shape index (κ1) is 20.6. The normalized spacial score (nSPS) is 17.8. The highest BCUT2D eigenvalue weighted by atomic mass is 32.2. The molecule has 1 heterocycles. The molecule has 0 aliphatic carbocycles. The average molecular weight is 424 g/mol. The molecule has 1 atom stereocenters. The molecule has 1 aliphatic heterocycles. The van der Waals surface area contributed by atoms with E-state index in [2.05, 4.69) is 44.3 Å². The van der Waals surface area contributed by atoms with Crippen LogP contribution in [0, 0.1) is 12.7 Å². The molecule has 4 rings (SSSR count). The van der Waals surface area contributed by atoms with Crippen LogP contribution in [0.15, 0.2) is 71.6 Å². The number of aryl methyl sites for hydroxylation is 1. The van der Waals surface area contributed by atoms with E-state index in [1.807, 2.05) is 24.3 Å². The summed E-state index contributed by atoms with van der Waals surface area (Å²) in [5, 5.41) is 3.63. The van der Waals surface area contributed by atoms with Gasteiger partial charge in [-0.3, -0.25) is 0 Å². The lowest BCUT2D eigenvalue weighted by atomic mass is 9.73. The van der Waals surface area contributed by atoms with Gasteiger partial charge in [0, 0.05) is 5.69 Å². The van der Waals surface area contributed by atoms with Crippen LogP contribution in [0.5, 0.6) is 0 Å². The van der Waals surface area contributed by atoms with Gasteiger partial charge in [0.1, 0.15) is 5.82 Å². The third-order valence-electron chi connectivity index (χ3n) is 5.81. The Morgan fingerprint density at radius 3 is 2.57 bits per heavy atom. The zero-order valence-electron chi connectivity index (χ0n) is 17.4. The van der Waals surface area contributed by atoms with E-state index in [9.17, 15) is 12.8 Å². The summed E-state index contributed by atoms with van der Waals surface area (Å²) >= 11 is 0. The SMILES string of the molecule is Cc1ccc2c(c1)C(C)(C)CC(c1cccc(CS(=O)(=O)c3cccc(F)c3)c1)N2. The zero-order chi connectivity index (χ0) is 21.5. The van der Waals surface area contributed by atoms with E-state index in [1.165, 1.54) is 29.3 Å². The maximum Gasteiger partial charge on any atom is 0.182 e. The van der Waals surface area contributed by atoms with E-state index in [0.29, 0.717) is 5.56 Å². The van der Waals surface area contributed by atoms with Crippen molar-refractivity contribution in [1.29, 1.82) is 0 Å². The van der Waals surface area contributed by atoms with E-state index in [-0.39, 0.29) is 22.1 Å². The van der Waals surface area contributed by atoms with Crippen LogP contribution in [0.1, 0.15) is 48.6 Å². The summed E-state index contributed by atoms with van der Waals surface area (Å²) in [6.07, 6.45) is 0.906. The molecule has 3 nitrogen and oxygen atoms in total. The number of sulfone groups is 1. The number of benzene rings is 3. The molecule has 0 fully saturated rings. The highest BCUT2D eigenvalue weighted by Crippen LogP contribution is 2.44. The molecule has 1 N–H and O–H groups in total. The van der Waals surface area contributed by atoms with Crippen LogP contribution in [0.4, 0.5) is 10.1 Å². The van der Waals surface area contributed by atoms with Crippen LogP contribution in [-0.2, 0) is 21.0 Å². The molecular weight excluding hydrogens is 397 g/mol. The molecule has 3 aromatic carbocycles. The summed E-state index contributed by atoms with van der Waals surface area (Å²) in [6, 6.07) is 19.4. The van der Waals surface area contributed by atoms with Crippen molar-refractivity contribution in [3.63, 3.8) is 0 Å². The largest absolute Gasteiger partial charge is 0.378 e. The van der Waals surface area contributed by atoms with E-state index in [0.717, 1.165) is 23.7 Å². The Balaban J connectivity index is 1.62. The minimum Gasteiger partial charge on any atom is -0.378 e. The first-order valence-corrected chi connectivity index (χ1v) is 11.7. The summed E-state index contributed by atoms with van der Waals surface area (Å²) in [5.74, 6) is -0.705. The number of hydrogen-bond acceptors (Lipinski definition) is 3. The van der Waals surface area contributed by atoms with Gasteiger partial charge in [-0.05, 0) is 59.7 Å². The summed E-state index contributed by atoms with van der Waals surface area (Å²) in [5.41, 5.74) is 5.43. The Bertz CT molecular complexity index is 1200. The van der Waals surface area contributed by atoms with Gasteiger partial charge in [0.05, 0.1) is 16.7 Å². The second-order valence-electron chi connectivity index (χ2n) is 8.80. The van der Waals surface area contributed by atoms with Crippen LogP contribution in [-0.4, -0.2) is 8.42 Å². The fourth-order valence-corrected chi connectivity index (χ4v) is 5.63. The molecule has 0 saturated heterocycles. The van der Waals surface area contributed by atoms with Crippen LogP contribution in [0.25, 0.3) is 0 Å². The predicted octanol–water partition coefficient (Wildman–Crippen LogP) is 5.94. The van der Waals surface area contributed by atoms with Crippen LogP contribution >= 0.6 is 0 Å². The highest BCUT2D eigenvalue weighted by Gasteiger charge is 2.33. The second-order valence-corrected chi connectivity index (χ2v) is 10.8. The lowest BCUT2D eigenvalue weighted by Crippen LogP contribution is -2.31. The Morgan fingerprint density at radius 1 is 1.03 bits per heavy atom. The standard InChI is InChI=1S/C25H26FNO2S/c1-17-10-11-23-22(12-17)25(2,3)15-24(27-23)19-7-4-6-18(13-19)16-30(28,29)21-9-5-8-20(26)14-21/h4-14,24,27H,15-16H2,1-3H3. The van der Waals surface area contributed by atoms with Gasteiger partial charge < -0.3 is 5.32 Å². The molecule has 30 heavy (non-hydrogen) atoms. The molecule has 0 saturated carbocycles. The van der Waals surface area contributed by atoms with E-state index in [4.69, 9.17) is 0 Å². The van der Waals surface area contributed by atoms with E-state index < -0.39 is 15.7 Å². The Morgan fingerprint density at radius 2 is 1.80 bits per heavy atom. The Kier molecular flexibility index (Phi) is 5.18. The number of fused-ring (bicyclic) bond motifs is 1. The smallest absolute Gasteiger partial charge is 0.182 e. The quantitative estimate of drug-likeness (QED) is 0.565. The van der Waals surface area contributed by atoms with Crippen LogP contribution in [0.2, 0.25) is 0 Å². The predicted molar refractivity (Wildman–Crippen MR) is 119 cm³/mol. The monoisotopic (exact) mass is 423 g/mol. The fraction of sp³-hybridized carbons (Fsp3) is 0.280. The summed E-state index contributed by atoms with van der Waals surface area (Å²) in [4.78, 5) is 0.00845. The summed E-state index contributed by atoms with van der Waals surface area (Å²) in [6.45, 7) is 6.60. The van der Waals surface area contributed by atoms with Crippen molar-refractivity contribution in [3.8, 4) is 0 Å². The molecule has 0 radical (unpaired) electrons. The Hall–Kier alpha value is -2.66. The number of nitrogens with one attached hydrogen (secondary N) is 1. The molecule has 5 heteroatoms. The topological polar surface area (TPSA) is 46.2 Å². The molecule has 0 aromatic heterocycles. The minimum atomic E-state index is -3.62. The van der Waals surface area contributed by atoms with Crippen molar-refractivity contribution in [2.75, 3.05) is 5.32 Å². The van der Waals surface area contributed by atoms with E-state index in [1.54, 1.807) is 0 Å². The molecule has 1 aliphatic rings. The Labute approximate surface area is 177 Å².